The van der Waals surface area contributed by atoms with Crippen LogP contribution in [0.25, 0.3) is 0 Å². The lowest BCUT2D eigenvalue weighted by atomic mass is 10.1. The summed E-state index contributed by atoms with van der Waals surface area (Å²) >= 11 is 0. The first kappa shape index (κ1) is 7.49. The molecule has 0 amide bonds. The van der Waals surface area contributed by atoms with Crippen LogP contribution in [0.5, 0.6) is 5.75 Å². The number of phenolic OH excluding ortho intramolecular Hbond substituents is 1. The number of benzene rings is 1. The van der Waals surface area contributed by atoms with E-state index in [0.717, 1.165) is 6.07 Å². The number of phenols is 1. The predicted molar refractivity (Wildman–Crippen MR) is 38.8 cm³/mol. The van der Waals surface area contributed by atoms with E-state index in [-0.39, 0.29) is 6.04 Å². The van der Waals surface area contributed by atoms with Crippen LogP contribution >= 0.6 is 0 Å². The summed E-state index contributed by atoms with van der Waals surface area (Å²) in [5.74, 6) is -2.01. The van der Waals surface area contributed by atoms with Gasteiger partial charge in [-0.25, -0.2) is 8.78 Å². The van der Waals surface area contributed by atoms with Gasteiger partial charge in [0.15, 0.2) is 11.6 Å². The van der Waals surface area contributed by atoms with Crippen molar-refractivity contribution in [1.82, 2.24) is 5.32 Å². The SMILES string of the molecule is Oc1c(F)cc(F)cc1[C@H]1CN1. The van der Waals surface area contributed by atoms with Gasteiger partial charge >= 0.3 is 0 Å². The van der Waals surface area contributed by atoms with Gasteiger partial charge in [0.25, 0.3) is 0 Å². The molecule has 2 nitrogen and oxygen atoms in total. The first-order valence-corrected chi connectivity index (χ1v) is 3.60. The Kier molecular flexibility index (Phi) is 1.51. The van der Waals surface area contributed by atoms with Crippen molar-refractivity contribution in [2.45, 2.75) is 6.04 Å². The Morgan fingerprint density at radius 2 is 2.08 bits per heavy atom. The second-order valence-electron chi connectivity index (χ2n) is 2.79. The molecular formula is C8H7F2NO. The van der Waals surface area contributed by atoms with Crippen molar-refractivity contribution in [3.63, 3.8) is 0 Å². The quantitative estimate of drug-likeness (QED) is 0.625. The first-order valence-electron chi connectivity index (χ1n) is 3.60. The van der Waals surface area contributed by atoms with E-state index in [1.54, 1.807) is 0 Å². The molecule has 2 N–H and O–H groups in total. The predicted octanol–water partition coefficient (Wildman–Crippen LogP) is 1.31. The Bertz CT molecular complexity index is 323. The summed E-state index contributed by atoms with van der Waals surface area (Å²) < 4.78 is 25.3. The maximum absolute atomic E-state index is 12.7. The van der Waals surface area contributed by atoms with Gasteiger partial charge in [-0.3, -0.25) is 0 Å². The lowest BCUT2D eigenvalue weighted by Crippen LogP contribution is -1.90. The molecule has 2 rings (SSSR count). The fourth-order valence-electron chi connectivity index (χ4n) is 1.13. The number of rotatable bonds is 1. The Hall–Kier alpha value is -1.16. The molecule has 1 saturated heterocycles. The fourth-order valence-corrected chi connectivity index (χ4v) is 1.13. The normalized spacial score (nSPS) is 21.0. The highest BCUT2D eigenvalue weighted by atomic mass is 19.1. The van der Waals surface area contributed by atoms with Gasteiger partial charge in [-0.15, -0.1) is 0 Å². The molecule has 0 aromatic heterocycles. The minimum Gasteiger partial charge on any atom is -0.505 e. The van der Waals surface area contributed by atoms with Gasteiger partial charge in [-0.05, 0) is 6.07 Å². The van der Waals surface area contributed by atoms with Crippen LogP contribution < -0.4 is 5.32 Å². The summed E-state index contributed by atoms with van der Waals surface area (Å²) in [7, 11) is 0. The summed E-state index contributed by atoms with van der Waals surface area (Å²) in [6, 6.07) is 1.72. The van der Waals surface area contributed by atoms with Gasteiger partial charge in [-0.2, -0.15) is 0 Å². The van der Waals surface area contributed by atoms with Crippen molar-refractivity contribution >= 4 is 0 Å². The molecule has 1 aliphatic heterocycles. The van der Waals surface area contributed by atoms with Crippen molar-refractivity contribution in [2.24, 2.45) is 0 Å². The second-order valence-corrected chi connectivity index (χ2v) is 2.79. The van der Waals surface area contributed by atoms with E-state index in [1.165, 1.54) is 0 Å². The first-order chi connectivity index (χ1) is 5.68. The van der Waals surface area contributed by atoms with Crippen LogP contribution in [-0.2, 0) is 0 Å². The van der Waals surface area contributed by atoms with Crippen molar-refractivity contribution in [1.29, 1.82) is 0 Å². The third-order valence-corrected chi connectivity index (χ3v) is 1.84. The smallest absolute Gasteiger partial charge is 0.168 e. The van der Waals surface area contributed by atoms with Crippen LogP contribution in [0.2, 0.25) is 0 Å². The van der Waals surface area contributed by atoms with E-state index in [2.05, 4.69) is 5.32 Å². The van der Waals surface area contributed by atoms with Crippen molar-refractivity contribution in [3.8, 4) is 5.75 Å². The highest BCUT2D eigenvalue weighted by Crippen LogP contribution is 2.32. The minimum absolute atomic E-state index is 0.0878. The van der Waals surface area contributed by atoms with Gasteiger partial charge in [0.2, 0.25) is 0 Å². The zero-order valence-electron chi connectivity index (χ0n) is 6.14. The summed E-state index contributed by atoms with van der Waals surface area (Å²) in [5.41, 5.74) is 0.299. The number of hydrogen-bond donors (Lipinski definition) is 2. The molecule has 0 saturated carbocycles. The van der Waals surface area contributed by atoms with E-state index < -0.39 is 17.4 Å². The molecule has 1 fully saturated rings. The lowest BCUT2D eigenvalue weighted by molar-refractivity contribution is 0.421. The number of halogens is 2. The largest absolute Gasteiger partial charge is 0.505 e. The van der Waals surface area contributed by atoms with E-state index in [9.17, 15) is 8.78 Å². The van der Waals surface area contributed by atoms with Gasteiger partial charge in [0.1, 0.15) is 5.82 Å². The van der Waals surface area contributed by atoms with Crippen LogP contribution in [0, 0.1) is 11.6 Å². The van der Waals surface area contributed by atoms with Gasteiger partial charge < -0.3 is 10.4 Å². The molecule has 64 valence electrons. The molecule has 0 radical (unpaired) electrons. The van der Waals surface area contributed by atoms with E-state index in [4.69, 9.17) is 5.11 Å². The topological polar surface area (TPSA) is 42.2 Å². The highest BCUT2D eigenvalue weighted by molar-refractivity contribution is 5.39. The molecule has 4 heteroatoms. The molecule has 1 aromatic carbocycles. The monoisotopic (exact) mass is 171 g/mol. The standard InChI is InChI=1S/C8H7F2NO/c9-4-1-5(7-3-11-7)8(12)6(10)2-4/h1-2,7,11-12H,3H2/t7-/m1/s1. The Balaban J connectivity index is 2.51. The average molecular weight is 171 g/mol. The molecule has 12 heavy (non-hydrogen) atoms. The fraction of sp³-hybridized carbons (Fsp3) is 0.250. The zero-order valence-corrected chi connectivity index (χ0v) is 6.14. The molecule has 1 heterocycles. The molecule has 1 atom stereocenters. The molecule has 1 aromatic rings. The van der Waals surface area contributed by atoms with Gasteiger partial charge in [0.05, 0.1) is 0 Å². The van der Waals surface area contributed by atoms with Gasteiger partial charge in [-0.1, -0.05) is 0 Å². The van der Waals surface area contributed by atoms with E-state index >= 15 is 0 Å². The molecule has 0 unspecified atom stereocenters. The van der Waals surface area contributed by atoms with Crippen LogP contribution in [0.4, 0.5) is 8.78 Å². The van der Waals surface area contributed by atoms with Gasteiger partial charge in [0, 0.05) is 24.2 Å². The highest BCUT2D eigenvalue weighted by Gasteiger charge is 2.27. The van der Waals surface area contributed by atoms with Crippen LogP contribution in [0.1, 0.15) is 11.6 Å². The van der Waals surface area contributed by atoms with E-state index in [1.807, 2.05) is 0 Å². The Morgan fingerprint density at radius 3 is 2.67 bits per heavy atom. The van der Waals surface area contributed by atoms with Crippen molar-refractivity contribution in [2.75, 3.05) is 6.54 Å². The molecule has 0 spiro atoms. The average Bonchev–Trinajstić information content (AvgIpc) is 2.79. The van der Waals surface area contributed by atoms with E-state index in [0.29, 0.717) is 18.2 Å². The summed E-state index contributed by atoms with van der Waals surface area (Å²) in [5, 5.41) is 12.0. The van der Waals surface area contributed by atoms with Crippen LogP contribution in [0.15, 0.2) is 12.1 Å². The minimum atomic E-state index is -0.904. The molecule has 0 bridgehead atoms. The Morgan fingerprint density at radius 1 is 1.42 bits per heavy atom. The maximum atomic E-state index is 12.7. The maximum Gasteiger partial charge on any atom is 0.168 e. The third-order valence-electron chi connectivity index (χ3n) is 1.84. The number of hydrogen-bond acceptors (Lipinski definition) is 2. The molecular weight excluding hydrogens is 164 g/mol. The summed E-state index contributed by atoms with van der Waals surface area (Å²) in [6.45, 7) is 0.663. The van der Waals surface area contributed by atoms with Crippen molar-refractivity contribution in [3.05, 3.63) is 29.3 Å². The zero-order chi connectivity index (χ0) is 8.72. The Labute approximate surface area is 67.8 Å². The number of nitrogens with one attached hydrogen (secondary N) is 1. The summed E-state index contributed by atoms with van der Waals surface area (Å²) in [4.78, 5) is 0. The molecule has 0 aliphatic carbocycles. The van der Waals surface area contributed by atoms with Crippen molar-refractivity contribution < 1.29 is 13.9 Å². The van der Waals surface area contributed by atoms with Crippen LogP contribution in [0.3, 0.4) is 0 Å². The summed E-state index contributed by atoms with van der Waals surface area (Å²) in [6.07, 6.45) is 0. The third kappa shape index (κ3) is 1.14. The second kappa shape index (κ2) is 2.42. The number of aromatic hydroxyl groups is 1. The molecule has 1 aliphatic rings. The van der Waals surface area contributed by atoms with Crippen LogP contribution in [-0.4, -0.2) is 11.7 Å². The lowest BCUT2D eigenvalue weighted by Gasteiger charge is -2.02.